The van der Waals surface area contributed by atoms with Gasteiger partial charge in [0.1, 0.15) is 17.5 Å². The number of aromatic nitrogens is 1. The summed E-state index contributed by atoms with van der Waals surface area (Å²) >= 11 is 0. The Hall–Kier alpha value is -3.66. The van der Waals surface area contributed by atoms with Gasteiger partial charge in [0.25, 0.3) is 11.2 Å². The highest BCUT2D eigenvalue weighted by atomic mass is 16.6. The van der Waals surface area contributed by atoms with Crippen molar-refractivity contribution >= 4 is 16.5 Å². The highest BCUT2D eigenvalue weighted by Crippen LogP contribution is 2.33. The first-order chi connectivity index (χ1) is 12.0. The van der Waals surface area contributed by atoms with Gasteiger partial charge in [-0.2, -0.15) is 5.26 Å². The molecule has 0 bridgehead atoms. The van der Waals surface area contributed by atoms with Crippen molar-refractivity contribution in [1.82, 2.24) is 4.57 Å². The summed E-state index contributed by atoms with van der Waals surface area (Å²) in [6, 6.07) is 12.9. The molecule has 0 aliphatic heterocycles. The van der Waals surface area contributed by atoms with Crippen molar-refractivity contribution in [2.75, 3.05) is 7.11 Å². The minimum absolute atomic E-state index is 0.0473. The van der Waals surface area contributed by atoms with Crippen molar-refractivity contribution in [2.45, 2.75) is 0 Å². The van der Waals surface area contributed by atoms with Crippen molar-refractivity contribution in [2.24, 2.45) is 7.05 Å². The van der Waals surface area contributed by atoms with E-state index in [0.29, 0.717) is 27.6 Å². The molecule has 3 aromatic rings. The number of nitro benzene ring substituents is 1. The standard InChI is InChI=1S/C18H13N3O4/c1-20-16(10-19)17(11-3-5-12(6-4-11)21(23)24)15-9-13(25-2)7-8-14(15)18(20)22/h3-9H,1-2H3. The molecule has 1 heterocycles. The number of nitriles is 1. The first-order valence-electron chi connectivity index (χ1n) is 7.33. The lowest BCUT2D eigenvalue weighted by Crippen LogP contribution is -2.20. The third kappa shape index (κ3) is 2.60. The van der Waals surface area contributed by atoms with Gasteiger partial charge in [-0.3, -0.25) is 14.9 Å². The van der Waals surface area contributed by atoms with Crippen molar-refractivity contribution in [3.05, 3.63) is 68.6 Å². The van der Waals surface area contributed by atoms with Crippen molar-refractivity contribution in [3.8, 4) is 22.9 Å². The third-order valence-electron chi connectivity index (χ3n) is 4.08. The Bertz CT molecular complexity index is 1090. The Kier molecular flexibility index (Phi) is 3.95. The normalized spacial score (nSPS) is 10.4. The summed E-state index contributed by atoms with van der Waals surface area (Å²) in [5.74, 6) is 0.549. The number of non-ortho nitro benzene ring substituents is 1. The molecule has 0 aliphatic rings. The Morgan fingerprint density at radius 2 is 1.84 bits per heavy atom. The van der Waals surface area contributed by atoms with Crippen LogP contribution in [0, 0.1) is 21.4 Å². The van der Waals surface area contributed by atoms with Crippen LogP contribution < -0.4 is 10.3 Å². The molecule has 0 unspecified atom stereocenters. The minimum Gasteiger partial charge on any atom is -0.497 e. The number of hydrogen-bond donors (Lipinski definition) is 0. The topological polar surface area (TPSA) is 98.2 Å². The number of rotatable bonds is 3. The average Bonchev–Trinajstić information content (AvgIpc) is 2.64. The molecule has 1 aromatic heterocycles. The largest absolute Gasteiger partial charge is 0.497 e. The Morgan fingerprint density at radius 3 is 2.40 bits per heavy atom. The van der Waals surface area contributed by atoms with Crippen LogP contribution in [0.3, 0.4) is 0 Å². The predicted octanol–water partition coefficient (Wildman–Crippen LogP) is 2.99. The average molecular weight is 335 g/mol. The second kappa shape index (κ2) is 6.09. The third-order valence-corrected chi connectivity index (χ3v) is 4.08. The van der Waals surface area contributed by atoms with E-state index in [1.165, 1.54) is 30.9 Å². The van der Waals surface area contributed by atoms with Crippen LogP contribution in [0.25, 0.3) is 21.9 Å². The Morgan fingerprint density at radius 1 is 1.16 bits per heavy atom. The fourth-order valence-electron chi connectivity index (χ4n) is 2.79. The monoisotopic (exact) mass is 335 g/mol. The van der Waals surface area contributed by atoms with Gasteiger partial charge in [-0.15, -0.1) is 0 Å². The van der Waals surface area contributed by atoms with Crippen LogP contribution in [-0.2, 0) is 7.05 Å². The zero-order valence-corrected chi connectivity index (χ0v) is 13.5. The summed E-state index contributed by atoms with van der Waals surface area (Å²) in [7, 11) is 3.04. The summed E-state index contributed by atoms with van der Waals surface area (Å²) in [5, 5.41) is 21.4. The van der Waals surface area contributed by atoms with E-state index < -0.39 is 4.92 Å². The zero-order valence-electron chi connectivity index (χ0n) is 13.5. The van der Waals surface area contributed by atoms with Crippen LogP contribution in [0.4, 0.5) is 5.69 Å². The van der Waals surface area contributed by atoms with Crippen LogP contribution in [0.2, 0.25) is 0 Å². The highest BCUT2D eigenvalue weighted by Gasteiger charge is 2.17. The lowest BCUT2D eigenvalue weighted by molar-refractivity contribution is -0.384. The first kappa shape index (κ1) is 16.2. The fourth-order valence-corrected chi connectivity index (χ4v) is 2.79. The van der Waals surface area contributed by atoms with Crippen LogP contribution in [0.15, 0.2) is 47.3 Å². The maximum absolute atomic E-state index is 12.5. The molecule has 0 saturated heterocycles. The number of pyridine rings is 1. The van der Waals surface area contributed by atoms with Gasteiger partial charge in [-0.1, -0.05) is 0 Å². The molecule has 0 atom stereocenters. The molecule has 7 heteroatoms. The van der Waals surface area contributed by atoms with Gasteiger partial charge >= 0.3 is 0 Å². The first-order valence-corrected chi connectivity index (χ1v) is 7.33. The van der Waals surface area contributed by atoms with Gasteiger partial charge in [-0.05, 0) is 35.9 Å². The van der Waals surface area contributed by atoms with Gasteiger partial charge in [0.15, 0.2) is 0 Å². The number of fused-ring (bicyclic) bond motifs is 1. The van der Waals surface area contributed by atoms with E-state index in [2.05, 4.69) is 6.07 Å². The van der Waals surface area contributed by atoms with E-state index in [0.717, 1.165) is 0 Å². The molecule has 0 amide bonds. The molecule has 0 N–H and O–H groups in total. The number of benzene rings is 2. The Labute approximate surface area is 142 Å². The molecular formula is C18H13N3O4. The molecule has 2 aromatic carbocycles. The zero-order chi connectivity index (χ0) is 18.1. The molecule has 7 nitrogen and oxygen atoms in total. The number of nitrogens with zero attached hydrogens (tertiary/aromatic N) is 3. The number of hydrogen-bond acceptors (Lipinski definition) is 5. The summed E-state index contributed by atoms with van der Waals surface area (Å²) in [4.78, 5) is 22.9. The van der Waals surface area contributed by atoms with Crippen molar-refractivity contribution in [1.29, 1.82) is 5.26 Å². The molecule has 0 fully saturated rings. The molecule has 0 aliphatic carbocycles. The lowest BCUT2D eigenvalue weighted by atomic mass is 9.96. The second-order valence-corrected chi connectivity index (χ2v) is 5.42. The number of nitro groups is 1. The van der Waals surface area contributed by atoms with E-state index in [9.17, 15) is 20.2 Å². The van der Waals surface area contributed by atoms with Crippen LogP contribution in [-0.4, -0.2) is 16.6 Å². The van der Waals surface area contributed by atoms with Crippen LogP contribution in [0.5, 0.6) is 5.75 Å². The Balaban J connectivity index is 2.43. The molecule has 0 spiro atoms. The quantitative estimate of drug-likeness (QED) is 0.541. The summed E-state index contributed by atoms with van der Waals surface area (Å²) in [6.07, 6.45) is 0. The predicted molar refractivity (Wildman–Crippen MR) is 92.5 cm³/mol. The molecule has 0 radical (unpaired) electrons. The number of methoxy groups -OCH3 is 1. The van der Waals surface area contributed by atoms with E-state index in [-0.39, 0.29) is 16.9 Å². The summed E-state index contributed by atoms with van der Waals surface area (Å²) < 4.78 is 6.51. The maximum atomic E-state index is 12.5. The summed E-state index contributed by atoms with van der Waals surface area (Å²) in [6.45, 7) is 0. The van der Waals surface area contributed by atoms with E-state index in [4.69, 9.17) is 4.74 Å². The lowest BCUT2D eigenvalue weighted by Gasteiger charge is -2.13. The molecule has 0 saturated carbocycles. The number of ether oxygens (including phenoxy) is 1. The van der Waals surface area contributed by atoms with E-state index in [1.807, 2.05) is 0 Å². The van der Waals surface area contributed by atoms with Gasteiger partial charge in [-0.25, -0.2) is 0 Å². The molecule has 3 rings (SSSR count). The van der Waals surface area contributed by atoms with Crippen molar-refractivity contribution < 1.29 is 9.66 Å². The molecular weight excluding hydrogens is 322 g/mol. The second-order valence-electron chi connectivity index (χ2n) is 5.42. The molecule has 25 heavy (non-hydrogen) atoms. The van der Waals surface area contributed by atoms with Gasteiger partial charge < -0.3 is 9.30 Å². The van der Waals surface area contributed by atoms with Crippen molar-refractivity contribution in [3.63, 3.8) is 0 Å². The van der Waals surface area contributed by atoms with Crippen LogP contribution in [0.1, 0.15) is 5.69 Å². The van der Waals surface area contributed by atoms with E-state index >= 15 is 0 Å². The minimum atomic E-state index is -0.489. The fraction of sp³-hybridized carbons (Fsp3) is 0.111. The SMILES string of the molecule is COc1ccc2c(=O)n(C)c(C#N)c(-c3ccc([N+](=O)[O-])cc3)c2c1. The van der Waals surface area contributed by atoms with Gasteiger partial charge in [0.2, 0.25) is 0 Å². The molecule has 124 valence electrons. The smallest absolute Gasteiger partial charge is 0.269 e. The van der Waals surface area contributed by atoms with Gasteiger partial charge in [0, 0.05) is 35.5 Å². The van der Waals surface area contributed by atoms with E-state index in [1.54, 1.807) is 30.3 Å². The maximum Gasteiger partial charge on any atom is 0.269 e. The summed E-state index contributed by atoms with van der Waals surface area (Å²) in [5.41, 5.74) is 0.984. The highest BCUT2D eigenvalue weighted by molar-refractivity contribution is 5.99. The van der Waals surface area contributed by atoms with Crippen LogP contribution >= 0.6 is 0 Å². The van der Waals surface area contributed by atoms with Gasteiger partial charge in [0.05, 0.1) is 12.0 Å².